The van der Waals surface area contributed by atoms with Crippen molar-refractivity contribution in [3.8, 4) is 11.5 Å². The first-order valence-corrected chi connectivity index (χ1v) is 9.37. The summed E-state index contributed by atoms with van der Waals surface area (Å²) in [5.74, 6) is -0.423. The number of hydrogen-bond acceptors (Lipinski definition) is 6. The number of amides is 2. The molecule has 0 aliphatic carbocycles. The van der Waals surface area contributed by atoms with Gasteiger partial charge in [-0.15, -0.1) is 0 Å². The first-order chi connectivity index (χ1) is 14.4. The maximum Gasteiger partial charge on any atom is 0.307 e. The largest absolute Gasteiger partial charge is 0.493 e. The van der Waals surface area contributed by atoms with Gasteiger partial charge in [-0.1, -0.05) is 17.7 Å². The number of rotatable bonds is 9. The van der Waals surface area contributed by atoms with Crippen LogP contribution in [-0.4, -0.2) is 45.7 Å². The summed E-state index contributed by atoms with van der Waals surface area (Å²) in [5, 5.41) is 5.76. The van der Waals surface area contributed by atoms with Gasteiger partial charge >= 0.3 is 5.97 Å². The van der Waals surface area contributed by atoms with Crippen molar-refractivity contribution >= 4 is 29.4 Å². The highest BCUT2D eigenvalue weighted by molar-refractivity contribution is 6.30. The van der Waals surface area contributed by atoms with Crippen LogP contribution in [0.25, 0.3) is 0 Å². The molecule has 0 heterocycles. The fraction of sp³-hybridized carbons (Fsp3) is 0.286. The van der Waals surface area contributed by atoms with Crippen molar-refractivity contribution in [2.45, 2.75) is 12.5 Å². The second-order valence-electron chi connectivity index (χ2n) is 6.20. The molecule has 2 aromatic carbocycles. The van der Waals surface area contributed by atoms with Gasteiger partial charge in [0.25, 0.3) is 5.91 Å². The van der Waals surface area contributed by atoms with Crippen LogP contribution in [0.3, 0.4) is 0 Å². The van der Waals surface area contributed by atoms with Crippen molar-refractivity contribution in [1.29, 1.82) is 0 Å². The quantitative estimate of drug-likeness (QED) is 0.588. The molecule has 0 saturated heterocycles. The van der Waals surface area contributed by atoms with Gasteiger partial charge in [0.2, 0.25) is 5.91 Å². The van der Waals surface area contributed by atoms with E-state index in [4.69, 9.17) is 25.8 Å². The molecule has 0 fully saturated rings. The summed E-state index contributed by atoms with van der Waals surface area (Å²) in [6, 6.07) is 10.6. The lowest BCUT2D eigenvalue weighted by Gasteiger charge is -2.20. The lowest BCUT2D eigenvalue weighted by atomic mass is 10.0. The van der Waals surface area contributed by atoms with Crippen LogP contribution in [0.4, 0.5) is 0 Å². The van der Waals surface area contributed by atoms with Crippen LogP contribution in [0, 0.1) is 0 Å². The van der Waals surface area contributed by atoms with Crippen LogP contribution in [0.5, 0.6) is 11.5 Å². The molecule has 2 amide bonds. The predicted molar refractivity (Wildman–Crippen MR) is 111 cm³/mol. The molecule has 0 saturated carbocycles. The molecule has 0 aliphatic rings. The zero-order valence-electron chi connectivity index (χ0n) is 16.9. The van der Waals surface area contributed by atoms with Crippen molar-refractivity contribution < 1.29 is 28.6 Å². The Bertz CT molecular complexity index is 901. The molecule has 30 heavy (non-hydrogen) atoms. The van der Waals surface area contributed by atoms with E-state index in [1.165, 1.54) is 21.3 Å². The Hall–Kier alpha value is -3.26. The topological polar surface area (TPSA) is 103 Å². The highest BCUT2D eigenvalue weighted by atomic mass is 35.5. The number of halogens is 1. The van der Waals surface area contributed by atoms with Gasteiger partial charge < -0.3 is 24.8 Å². The van der Waals surface area contributed by atoms with E-state index in [2.05, 4.69) is 10.6 Å². The standard InChI is InChI=1S/C21H23ClN2O6/c1-28-17-9-6-14(10-18(17)29-2)16(11-20(26)30-3)24-19(25)12-23-21(27)13-4-7-15(22)8-5-13/h4-10,16H,11-12H2,1-3H3,(H,23,27)(H,24,25)/t16-/m0/s1. The maximum absolute atomic E-state index is 12.4. The monoisotopic (exact) mass is 434 g/mol. The maximum atomic E-state index is 12.4. The zero-order chi connectivity index (χ0) is 22.1. The third-order valence-electron chi connectivity index (χ3n) is 4.26. The van der Waals surface area contributed by atoms with Crippen LogP contribution >= 0.6 is 11.6 Å². The zero-order valence-corrected chi connectivity index (χ0v) is 17.6. The smallest absolute Gasteiger partial charge is 0.307 e. The second kappa shape index (κ2) is 11.1. The lowest BCUT2D eigenvalue weighted by molar-refractivity contribution is -0.141. The minimum absolute atomic E-state index is 0.0944. The number of nitrogens with one attached hydrogen (secondary N) is 2. The minimum Gasteiger partial charge on any atom is -0.493 e. The summed E-state index contributed by atoms with van der Waals surface area (Å²) in [7, 11) is 4.26. The van der Waals surface area contributed by atoms with Gasteiger partial charge in [0.15, 0.2) is 11.5 Å². The molecular formula is C21H23ClN2O6. The Kier molecular flexibility index (Phi) is 8.49. The summed E-state index contributed by atoms with van der Waals surface area (Å²) in [6.45, 7) is -0.271. The highest BCUT2D eigenvalue weighted by Gasteiger charge is 2.21. The van der Waals surface area contributed by atoms with E-state index in [1.807, 2.05) is 0 Å². The van der Waals surface area contributed by atoms with Crippen LogP contribution in [-0.2, 0) is 14.3 Å². The lowest BCUT2D eigenvalue weighted by Crippen LogP contribution is -2.39. The van der Waals surface area contributed by atoms with Gasteiger partial charge in [0.05, 0.1) is 40.3 Å². The molecule has 1 atom stereocenters. The Labute approximate surface area is 179 Å². The Morgan fingerprint density at radius 2 is 1.63 bits per heavy atom. The molecule has 8 nitrogen and oxygen atoms in total. The molecule has 160 valence electrons. The third-order valence-corrected chi connectivity index (χ3v) is 4.51. The predicted octanol–water partition coefficient (Wildman–Crippen LogP) is 2.51. The average molecular weight is 435 g/mol. The average Bonchev–Trinajstić information content (AvgIpc) is 2.76. The molecule has 0 spiro atoms. The molecule has 0 aliphatic heterocycles. The van der Waals surface area contributed by atoms with E-state index < -0.39 is 23.8 Å². The van der Waals surface area contributed by atoms with Crippen LogP contribution < -0.4 is 20.1 Å². The number of hydrogen-bond donors (Lipinski definition) is 2. The molecule has 9 heteroatoms. The molecule has 2 rings (SSSR count). The van der Waals surface area contributed by atoms with E-state index >= 15 is 0 Å². The van der Waals surface area contributed by atoms with Crippen molar-refractivity contribution in [3.05, 3.63) is 58.6 Å². The summed E-state index contributed by atoms with van der Waals surface area (Å²) in [4.78, 5) is 36.4. The number of carbonyl (C=O) groups excluding carboxylic acids is 3. The molecule has 0 unspecified atom stereocenters. The summed E-state index contributed by atoms with van der Waals surface area (Å²) >= 11 is 5.80. The summed E-state index contributed by atoms with van der Waals surface area (Å²) in [6.07, 6.45) is -0.0944. The van der Waals surface area contributed by atoms with Gasteiger partial charge in [-0.05, 0) is 42.0 Å². The fourth-order valence-corrected chi connectivity index (χ4v) is 2.81. The minimum atomic E-state index is -0.683. The second-order valence-corrected chi connectivity index (χ2v) is 6.64. The number of esters is 1. The van der Waals surface area contributed by atoms with Gasteiger partial charge in [0, 0.05) is 10.6 Å². The summed E-state index contributed by atoms with van der Waals surface area (Å²) < 4.78 is 15.2. The first kappa shape index (κ1) is 23.0. The van der Waals surface area contributed by atoms with Gasteiger partial charge in [-0.2, -0.15) is 0 Å². The van der Waals surface area contributed by atoms with Crippen LogP contribution in [0.1, 0.15) is 28.4 Å². The van der Waals surface area contributed by atoms with E-state index in [1.54, 1.807) is 42.5 Å². The van der Waals surface area contributed by atoms with Crippen molar-refractivity contribution in [2.24, 2.45) is 0 Å². The van der Waals surface area contributed by atoms with Crippen LogP contribution in [0.15, 0.2) is 42.5 Å². The van der Waals surface area contributed by atoms with Crippen molar-refractivity contribution in [3.63, 3.8) is 0 Å². The van der Waals surface area contributed by atoms with Crippen LogP contribution in [0.2, 0.25) is 5.02 Å². The Morgan fingerprint density at radius 1 is 0.967 bits per heavy atom. The fourth-order valence-electron chi connectivity index (χ4n) is 2.68. The van der Waals surface area contributed by atoms with E-state index in [0.29, 0.717) is 27.6 Å². The number of methoxy groups -OCH3 is 3. The van der Waals surface area contributed by atoms with Crippen molar-refractivity contribution in [2.75, 3.05) is 27.9 Å². The molecule has 0 radical (unpaired) electrons. The molecule has 2 aromatic rings. The number of benzene rings is 2. The SMILES string of the molecule is COC(=O)C[C@H](NC(=O)CNC(=O)c1ccc(Cl)cc1)c1ccc(OC)c(OC)c1. The van der Waals surface area contributed by atoms with E-state index in [9.17, 15) is 14.4 Å². The summed E-state index contributed by atoms with van der Waals surface area (Å²) in [5.41, 5.74) is 0.994. The van der Waals surface area contributed by atoms with E-state index in [-0.39, 0.29) is 13.0 Å². The Balaban J connectivity index is 2.08. The molecule has 0 aromatic heterocycles. The normalized spacial score (nSPS) is 11.2. The van der Waals surface area contributed by atoms with Gasteiger partial charge in [0.1, 0.15) is 0 Å². The Morgan fingerprint density at radius 3 is 2.23 bits per heavy atom. The molecule has 2 N–H and O–H groups in total. The van der Waals surface area contributed by atoms with Gasteiger partial charge in [-0.25, -0.2) is 0 Å². The number of ether oxygens (including phenoxy) is 3. The molecular weight excluding hydrogens is 412 g/mol. The van der Waals surface area contributed by atoms with E-state index in [0.717, 1.165) is 0 Å². The van der Waals surface area contributed by atoms with Gasteiger partial charge in [-0.3, -0.25) is 14.4 Å². The highest BCUT2D eigenvalue weighted by Crippen LogP contribution is 2.31. The third kappa shape index (κ3) is 6.38. The van der Waals surface area contributed by atoms with Crippen molar-refractivity contribution in [1.82, 2.24) is 10.6 Å². The number of carbonyl (C=O) groups is 3. The first-order valence-electron chi connectivity index (χ1n) is 8.99. The molecule has 0 bridgehead atoms.